The van der Waals surface area contributed by atoms with Crippen LogP contribution < -0.4 is 5.73 Å². The monoisotopic (exact) mass is 257 g/mol. The lowest BCUT2D eigenvalue weighted by molar-refractivity contribution is -0.133. The number of hydrogen-bond acceptors (Lipinski definition) is 5. The van der Waals surface area contributed by atoms with Crippen LogP contribution in [0.1, 0.15) is 13.8 Å². The van der Waals surface area contributed by atoms with Crippen LogP contribution in [0.25, 0.3) is 0 Å². The van der Waals surface area contributed by atoms with Gasteiger partial charge in [-0.3, -0.25) is 9.80 Å². The summed E-state index contributed by atoms with van der Waals surface area (Å²) in [7, 11) is 0. The molecule has 18 heavy (non-hydrogen) atoms. The van der Waals surface area contributed by atoms with E-state index >= 15 is 0 Å². The van der Waals surface area contributed by atoms with Crippen molar-refractivity contribution in [3.8, 4) is 0 Å². The summed E-state index contributed by atoms with van der Waals surface area (Å²) in [6, 6.07) is 0. The summed E-state index contributed by atoms with van der Waals surface area (Å²) < 4.78 is 11.3. The fourth-order valence-electron chi connectivity index (χ4n) is 2.82. The van der Waals surface area contributed by atoms with Crippen LogP contribution in [0.5, 0.6) is 0 Å². The molecule has 0 spiro atoms. The molecule has 0 radical (unpaired) electrons. The van der Waals surface area contributed by atoms with Gasteiger partial charge in [-0.15, -0.1) is 0 Å². The molecule has 5 heteroatoms. The molecule has 2 heterocycles. The van der Waals surface area contributed by atoms with Crippen LogP contribution in [-0.2, 0) is 9.47 Å². The predicted molar refractivity (Wildman–Crippen MR) is 71.7 cm³/mol. The molecule has 2 N–H and O–H groups in total. The molecule has 2 fully saturated rings. The molecule has 0 bridgehead atoms. The summed E-state index contributed by atoms with van der Waals surface area (Å²) >= 11 is 0. The van der Waals surface area contributed by atoms with E-state index in [1.807, 2.05) is 0 Å². The maximum atomic E-state index is 5.94. The Hall–Kier alpha value is -0.200. The first-order valence-corrected chi connectivity index (χ1v) is 6.99. The molecule has 0 aliphatic carbocycles. The lowest BCUT2D eigenvalue weighted by Crippen LogP contribution is -2.56. The van der Waals surface area contributed by atoms with Gasteiger partial charge in [0.1, 0.15) is 0 Å². The zero-order valence-corrected chi connectivity index (χ0v) is 11.7. The zero-order valence-electron chi connectivity index (χ0n) is 11.7. The van der Waals surface area contributed by atoms with E-state index in [0.717, 1.165) is 52.5 Å². The minimum atomic E-state index is -0.0761. The van der Waals surface area contributed by atoms with Gasteiger partial charge in [0.15, 0.2) is 0 Å². The smallest absolute Gasteiger partial charge is 0.0831 e. The van der Waals surface area contributed by atoms with E-state index in [0.29, 0.717) is 6.54 Å². The normalized spacial score (nSPS) is 30.5. The highest BCUT2D eigenvalue weighted by atomic mass is 16.5. The molecule has 2 rings (SSSR count). The summed E-state index contributed by atoms with van der Waals surface area (Å²) in [5.41, 5.74) is 5.67. The van der Waals surface area contributed by atoms with E-state index in [4.69, 9.17) is 15.2 Å². The van der Waals surface area contributed by atoms with Crippen molar-refractivity contribution in [2.45, 2.75) is 25.6 Å². The molecule has 2 aliphatic rings. The highest BCUT2D eigenvalue weighted by molar-refractivity contribution is 4.85. The Morgan fingerprint density at radius 1 is 1.17 bits per heavy atom. The molecule has 0 aromatic rings. The predicted octanol–water partition coefficient (Wildman–Crippen LogP) is -0.243. The van der Waals surface area contributed by atoms with Crippen LogP contribution in [0.2, 0.25) is 0 Å². The van der Waals surface area contributed by atoms with Crippen molar-refractivity contribution in [1.82, 2.24) is 9.80 Å². The van der Waals surface area contributed by atoms with E-state index in [1.54, 1.807) is 0 Å². The molecule has 1 unspecified atom stereocenters. The maximum Gasteiger partial charge on any atom is 0.0831 e. The molecular formula is C13H27N3O2. The molecule has 0 aromatic carbocycles. The van der Waals surface area contributed by atoms with Crippen molar-refractivity contribution in [2.75, 3.05) is 59.0 Å². The number of nitrogens with zero attached hydrogens (tertiary/aromatic N) is 2. The second kappa shape index (κ2) is 6.30. The van der Waals surface area contributed by atoms with Crippen LogP contribution in [0.3, 0.4) is 0 Å². The SMILES string of the molecule is CC1(C)CN(CCN2CCOCC2)CC(CN)O1. The molecule has 0 aromatic heterocycles. The Bertz CT molecular complexity index is 255. The summed E-state index contributed by atoms with van der Waals surface area (Å²) in [6.07, 6.45) is 0.179. The highest BCUT2D eigenvalue weighted by Crippen LogP contribution is 2.20. The van der Waals surface area contributed by atoms with Crippen LogP contribution >= 0.6 is 0 Å². The van der Waals surface area contributed by atoms with Crippen molar-refractivity contribution < 1.29 is 9.47 Å². The van der Waals surface area contributed by atoms with Gasteiger partial charge in [0, 0.05) is 45.8 Å². The van der Waals surface area contributed by atoms with Crippen LogP contribution in [-0.4, -0.2) is 80.5 Å². The minimum absolute atomic E-state index is 0.0761. The van der Waals surface area contributed by atoms with Gasteiger partial charge in [-0.05, 0) is 13.8 Å². The van der Waals surface area contributed by atoms with E-state index in [2.05, 4.69) is 23.6 Å². The average molecular weight is 257 g/mol. The van der Waals surface area contributed by atoms with E-state index < -0.39 is 0 Å². The summed E-state index contributed by atoms with van der Waals surface area (Å²) in [5, 5.41) is 0. The number of hydrogen-bond donors (Lipinski definition) is 1. The molecule has 5 nitrogen and oxygen atoms in total. The lowest BCUT2D eigenvalue weighted by Gasteiger charge is -2.43. The van der Waals surface area contributed by atoms with Crippen LogP contribution in [0, 0.1) is 0 Å². The van der Waals surface area contributed by atoms with Gasteiger partial charge in [0.2, 0.25) is 0 Å². The Morgan fingerprint density at radius 2 is 1.83 bits per heavy atom. The molecule has 0 saturated carbocycles. The van der Waals surface area contributed by atoms with Crippen molar-refractivity contribution in [1.29, 1.82) is 0 Å². The van der Waals surface area contributed by atoms with Gasteiger partial charge >= 0.3 is 0 Å². The van der Waals surface area contributed by atoms with Gasteiger partial charge < -0.3 is 15.2 Å². The Balaban J connectivity index is 1.77. The average Bonchev–Trinajstić information content (AvgIpc) is 2.36. The van der Waals surface area contributed by atoms with Crippen LogP contribution in [0.4, 0.5) is 0 Å². The second-order valence-electron chi connectivity index (χ2n) is 5.92. The molecule has 2 saturated heterocycles. The number of ether oxygens (including phenoxy) is 2. The second-order valence-corrected chi connectivity index (χ2v) is 5.92. The third-order valence-corrected chi connectivity index (χ3v) is 3.65. The van der Waals surface area contributed by atoms with Gasteiger partial charge in [0.25, 0.3) is 0 Å². The third-order valence-electron chi connectivity index (χ3n) is 3.65. The first-order valence-electron chi connectivity index (χ1n) is 6.99. The van der Waals surface area contributed by atoms with Crippen molar-refractivity contribution in [3.05, 3.63) is 0 Å². The third kappa shape index (κ3) is 4.17. The fraction of sp³-hybridized carbons (Fsp3) is 1.00. The lowest BCUT2D eigenvalue weighted by atomic mass is 10.1. The van der Waals surface area contributed by atoms with E-state index in [1.165, 1.54) is 0 Å². The minimum Gasteiger partial charge on any atom is -0.379 e. The van der Waals surface area contributed by atoms with Crippen molar-refractivity contribution >= 4 is 0 Å². The zero-order chi connectivity index (χ0) is 13.0. The first kappa shape index (κ1) is 14.2. The Morgan fingerprint density at radius 3 is 2.50 bits per heavy atom. The number of nitrogens with two attached hydrogens (primary N) is 1. The van der Waals surface area contributed by atoms with Gasteiger partial charge in [-0.2, -0.15) is 0 Å². The van der Waals surface area contributed by atoms with E-state index in [9.17, 15) is 0 Å². The number of rotatable bonds is 4. The summed E-state index contributed by atoms with van der Waals surface area (Å²) in [4.78, 5) is 4.96. The van der Waals surface area contributed by atoms with Crippen molar-refractivity contribution in [2.24, 2.45) is 5.73 Å². The maximum absolute atomic E-state index is 5.94. The summed E-state index contributed by atoms with van der Waals surface area (Å²) in [6.45, 7) is 13.0. The largest absolute Gasteiger partial charge is 0.379 e. The molecule has 2 aliphatic heterocycles. The molecular weight excluding hydrogens is 230 g/mol. The first-order chi connectivity index (χ1) is 8.59. The summed E-state index contributed by atoms with van der Waals surface area (Å²) in [5.74, 6) is 0. The van der Waals surface area contributed by atoms with Crippen molar-refractivity contribution in [3.63, 3.8) is 0 Å². The number of morpholine rings is 2. The molecule has 106 valence electrons. The van der Waals surface area contributed by atoms with Gasteiger partial charge in [0.05, 0.1) is 24.9 Å². The topological polar surface area (TPSA) is 51.0 Å². The fourth-order valence-corrected chi connectivity index (χ4v) is 2.82. The Kier molecular flexibility index (Phi) is 4.98. The van der Waals surface area contributed by atoms with Gasteiger partial charge in [-0.25, -0.2) is 0 Å². The van der Waals surface area contributed by atoms with Gasteiger partial charge in [-0.1, -0.05) is 0 Å². The van der Waals surface area contributed by atoms with E-state index in [-0.39, 0.29) is 11.7 Å². The molecule has 0 amide bonds. The standard InChI is InChI=1S/C13H27N3O2/c1-13(2)11-16(10-12(9-14)18-13)4-3-15-5-7-17-8-6-15/h12H,3-11,14H2,1-2H3. The van der Waals surface area contributed by atoms with Crippen LogP contribution in [0.15, 0.2) is 0 Å². The quantitative estimate of drug-likeness (QED) is 0.753. The Labute approximate surface area is 110 Å². The highest BCUT2D eigenvalue weighted by Gasteiger charge is 2.32. The molecule has 1 atom stereocenters.